The summed E-state index contributed by atoms with van der Waals surface area (Å²) >= 11 is 0. The van der Waals surface area contributed by atoms with Crippen molar-refractivity contribution in [1.82, 2.24) is 19.9 Å². The molecule has 0 radical (unpaired) electrons. The van der Waals surface area contributed by atoms with Crippen molar-refractivity contribution in [3.63, 3.8) is 0 Å². The van der Waals surface area contributed by atoms with E-state index in [9.17, 15) is 0 Å². The van der Waals surface area contributed by atoms with Gasteiger partial charge in [0.15, 0.2) is 5.65 Å². The van der Waals surface area contributed by atoms with Crippen molar-refractivity contribution in [1.29, 1.82) is 0 Å². The first-order chi connectivity index (χ1) is 11.4. The van der Waals surface area contributed by atoms with Gasteiger partial charge in [-0.1, -0.05) is 18.6 Å². The number of hydrogen-bond acceptors (Lipinski definition) is 4. The fourth-order valence-corrected chi connectivity index (χ4v) is 3.25. The summed E-state index contributed by atoms with van der Waals surface area (Å²) < 4.78 is 7.20. The number of methoxy groups -OCH3 is 1. The minimum absolute atomic E-state index is 0.359. The molecule has 2 aromatic heterocycles. The fraction of sp³-hybridized carbons (Fsp3) is 0.333. The van der Waals surface area contributed by atoms with Gasteiger partial charge in [0.2, 0.25) is 0 Å². The van der Waals surface area contributed by atoms with Crippen molar-refractivity contribution < 1.29 is 4.74 Å². The van der Waals surface area contributed by atoms with Crippen molar-refractivity contribution in [3.05, 3.63) is 48.4 Å². The molecule has 1 saturated heterocycles. The third-order valence-electron chi connectivity index (χ3n) is 4.50. The summed E-state index contributed by atoms with van der Waals surface area (Å²) in [6.07, 6.45) is 7.44. The largest absolute Gasteiger partial charge is 0.497 e. The lowest BCUT2D eigenvalue weighted by atomic mass is 10.0. The number of piperidine rings is 1. The molecule has 23 heavy (non-hydrogen) atoms. The Morgan fingerprint density at radius 2 is 2.04 bits per heavy atom. The summed E-state index contributed by atoms with van der Waals surface area (Å²) in [6.45, 7) is 1.07. The zero-order valence-corrected chi connectivity index (χ0v) is 13.2. The number of fused-ring (bicyclic) bond motifs is 1. The Labute approximate surface area is 135 Å². The highest BCUT2D eigenvalue weighted by Crippen LogP contribution is 2.28. The molecule has 4 rings (SSSR count). The Balaban J connectivity index is 1.77. The molecule has 3 heterocycles. The van der Waals surface area contributed by atoms with Crippen LogP contribution in [0.1, 0.15) is 31.0 Å². The minimum Gasteiger partial charge on any atom is -0.497 e. The summed E-state index contributed by atoms with van der Waals surface area (Å²) in [4.78, 5) is 4.56. The summed E-state index contributed by atoms with van der Waals surface area (Å²) in [5, 5.41) is 8.18. The van der Waals surface area contributed by atoms with Crippen LogP contribution in [0.15, 0.2) is 42.7 Å². The van der Waals surface area contributed by atoms with Crippen molar-refractivity contribution in [2.24, 2.45) is 0 Å². The van der Waals surface area contributed by atoms with Gasteiger partial charge in [0.05, 0.1) is 19.0 Å². The van der Waals surface area contributed by atoms with Crippen molar-refractivity contribution in [3.8, 4) is 16.9 Å². The van der Waals surface area contributed by atoms with Crippen LogP contribution in [0.25, 0.3) is 16.8 Å². The molecule has 118 valence electrons. The van der Waals surface area contributed by atoms with Crippen LogP contribution in [0.3, 0.4) is 0 Å². The summed E-state index contributed by atoms with van der Waals surface area (Å²) in [5.74, 6) is 0.852. The maximum Gasteiger partial charge on any atom is 0.163 e. The minimum atomic E-state index is 0.359. The number of nitrogens with zero attached hydrogens (tertiary/aromatic N) is 3. The molecule has 1 atom stereocenters. The van der Waals surface area contributed by atoms with E-state index in [2.05, 4.69) is 21.5 Å². The van der Waals surface area contributed by atoms with Crippen LogP contribution in [0.5, 0.6) is 5.75 Å². The second kappa shape index (κ2) is 6.01. The van der Waals surface area contributed by atoms with E-state index in [0.717, 1.165) is 35.5 Å². The van der Waals surface area contributed by atoms with Crippen LogP contribution < -0.4 is 10.1 Å². The van der Waals surface area contributed by atoms with Gasteiger partial charge in [0.25, 0.3) is 0 Å². The topological polar surface area (TPSA) is 51.5 Å². The van der Waals surface area contributed by atoms with E-state index in [4.69, 9.17) is 4.74 Å². The fourth-order valence-electron chi connectivity index (χ4n) is 3.25. The number of ether oxygens (including phenoxy) is 1. The number of benzene rings is 1. The smallest absolute Gasteiger partial charge is 0.163 e. The van der Waals surface area contributed by atoms with Crippen molar-refractivity contribution in [2.45, 2.75) is 25.3 Å². The molecule has 0 bridgehead atoms. The van der Waals surface area contributed by atoms with Gasteiger partial charge in [-0.25, -0.2) is 9.50 Å². The summed E-state index contributed by atoms with van der Waals surface area (Å²) in [7, 11) is 1.68. The highest BCUT2D eigenvalue weighted by molar-refractivity contribution is 5.77. The Hall–Kier alpha value is -2.40. The summed E-state index contributed by atoms with van der Waals surface area (Å²) in [5.41, 5.74) is 4.24. The van der Waals surface area contributed by atoms with E-state index in [1.165, 1.54) is 18.5 Å². The SMILES string of the molecule is COc1ccc(-c2cnn3c(C4CCCCN4)ccnc23)cc1. The van der Waals surface area contributed by atoms with Gasteiger partial charge in [0.1, 0.15) is 5.75 Å². The molecule has 1 aromatic carbocycles. The molecule has 1 fully saturated rings. The molecule has 1 N–H and O–H groups in total. The van der Waals surface area contributed by atoms with Gasteiger partial charge in [0, 0.05) is 17.8 Å². The first-order valence-electron chi connectivity index (χ1n) is 8.07. The molecule has 1 aliphatic rings. The maximum absolute atomic E-state index is 5.23. The number of rotatable bonds is 3. The molecule has 0 amide bonds. The molecule has 0 aliphatic carbocycles. The van der Waals surface area contributed by atoms with Gasteiger partial charge in [-0.2, -0.15) is 5.10 Å². The predicted molar refractivity (Wildman–Crippen MR) is 89.6 cm³/mol. The van der Waals surface area contributed by atoms with Gasteiger partial charge < -0.3 is 10.1 Å². The van der Waals surface area contributed by atoms with E-state index in [-0.39, 0.29) is 0 Å². The van der Waals surface area contributed by atoms with E-state index >= 15 is 0 Å². The second-order valence-electron chi connectivity index (χ2n) is 5.89. The third-order valence-corrected chi connectivity index (χ3v) is 4.50. The molecule has 5 heteroatoms. The van der Waals surface area contributed by atoms with Crippen LogP contribution in [0.4, 0.5) is 0 Å². The normalized spacial score (nSPS) is 18.2. The van der Waals surface area contributed by atoms with Crippen LogP contribution in [0.2, 0.25) is 0 Å². The number of hydrogen-bond donors (Lipinski definition) is 1. The average molecular weight is 308 g/mol. The van der Waals surface area contributed by atoms with Gasteiger partial charge in [-0.15, -0.1) is 0 Å². The van der Waals surface area contributed by atoms with Crippen LogP contribution >= 0.6 is 0 Å². The van der Waals surface area contributed by atoms with Gasteiger partial charge >= 0.3 is 0 Å². The zero-order valence-electron chi connectivity index (χ0n) is 13.2. The zero-order chi connectivity index (χ0) is 15.6. The molecular weight excluding hydrogens is 288 g/mol. The van der Waals surface area contributed by atoms with Crippen LogP contribution in [0, 0.1) is 0 Å². The third kappa shape index (κ3) is 2.57. The second-order valence-corrected chi connectivity index (χ2v) is 5.89. The number of nitrogens with one attached hydrogen (secondary N) is 1. The van der Waals surface area contributed by atoms with E-state index in [1.54, 1.807) is 7.11 Å². The molecule has 0 saturated carbocycles. The van der Waals surface area contributed by atoms with Crippen molar-refractivity contribution in [2.75, 3.05) is 13.7 Å². The monoisotopic (exact) mass is 308 g/mol. The average Bonchev–Trinajstić information content (AvgIpc) is 3.06. The van der Waals surface area contributed by atoms with Crippen LogP contribution in [-0.2, 0) is 0 Å². The van der Waals surface area contributed by atoms with E-state index in [1.807, 2.05) is 41.2 Å². The Kier molecular flexibility index (Phi) is 3.71. The highest BCUT2D eigenvalue weighted by atomic mass is 16.5. The van der Waals surface area contributed by atoms with Crippen LogP contribution in [-0.4, -0.2) is 28.3 Å². The highest BCUT2D eigenvalue weighted by Gasteiger charge is 2.19. The van der Waals surface area contributed by atoms with Gasteiger partial charge in [-0.3, -0.25) is 0 Å². The molecule has 0 spiro atoms. The molecular formula is C18H20N4O. The predicted octanol–water partition coefficient (Wildman–Crippen LogP) is 3.22. The lowest BCUT2D eigenvalue weighted by Gasteiger charge is -2.23. The molecule has 5 nitrogen and oxygen atoms in total. The standard InChI is InChI=1S/C18H20N4O/c1-23-14-7-5-13(6-8-14)15-12-21-22-17(9-11-20-18(15)22)16-4-2-3-10-19-16/h5-9,11-12,16,19H,2-4,10H2,1H3. The number of aromatic nitrogens is 3. The van der Waals surface area contributed by atoms with Gasteiger partial charge in [-0.05, 0) is 43.1 Å². The van der Waals surface area contributed by atoms with E-state index < -0.39 is 0 Å². The Bertz CT molecular complexity index is 804. The quantitative estimate of drug-likeness (QED) is 0.807. The lowest BCUT2D eigenvalue weighted by Crippen LogP contribution is -2.28. The van der Waals surface area contributed by atoms with Crippen molar-refractivity contribution >= 4 is 5.65 Å². The van der Waals surface area contributed by atoms with E-state index in [0.29, 0.717) is 6.04 Å². The molecule has 3 aromatic rings. The molecule has 1 unspecified atom stereocenters. The lowest BCUT2D eigenvalue weighted by molar-refractivity contribution is 0.399. The Morgan fingerprint density at radius 3 is 2.78 bits per heavy atom. The molecule has 1 aliphatic heterocycles. The summed E-state index contributed by atoms with van der Waals surface area (Å²) in [6, 6.07) is 10.4. The first kappa shape index (κ1) is 14.2. The first-order valence-corrected chi connectivity index (χ1v) is 8.07. The maximum atomic E-state index is 5.23. The Morgan fingerprint density at radius 1 is 1.17 bits per heavy atom.